The van der Waals surface area contributed by atoms with E-state index in [0.29, 0.717) is 30.2 Å². The molecule has 0 aromatic heterocycles. The Morgan fingerprint density at radius 1 is 0.274 bits per heavy atom. The van der Waals surface area contributed by atoms with Crippen molar-refractivity contribution in [1.29, 1.82) is 0 Å². The fourth-order valence-electron chi connectivity index (χ4n) is 6.68. The van der Waals surface area contributed by atoms with Gasteiger partial charge >= 0.3 is 0 Å². The minimum absolute atomic E-state index is 0.267. The third kappa shape index (κ3) is 149. The molecular formula is C69H168N14O. The lowest BCUT2D eigenvalue weighted by molar-refractivity contribution is 0.197. The molecular weight excluding hydrogens is 1040 g/mol. The van der Waals surface area contributed by atoms with E-state index in [1.807, 2.05) is 0 Å². The highest BCUT2D eigenvalue weighted by atomic mass is 16.5. The highest BCUT2D eigenvalue weighted by molar-refractivity contribution is 4.71. The van der Waals surface area contributed by atoms with Gasteiger partial charge in [-0.1, -0.05) is 142 Å². The molecule has 0 aliphatic heterocycles. The van der Waals surface area contributed by atoms with Crippen molar-refractivity contribution in [3.63, 3.8) is 0 Å². The van der Waals surface area contributed by atoms with Crippen molar-refractivity contribution in [3.05, 3.63) is 0 Å². The average molecular weight is 1210 g/mol. The molecule has 0 amide bonds. The van der Waals surface area contributed by atoms with Crippen molar-refractivity contribution in [2.75, 3.05) is 132 Å². The summed E-state index contributed by atoms with van der Waals surface area (Å²) >= 11 is 0. The number of hydrogen-bond donors (Lipinski definition) is 14. The summed E-state index contributed by atoms with van der Waals surface area (Å²) in [5.74, 6) is 0. The summed E-state index contributed by atoms with van der Waals surface area (Å²) < 4.78 is 4.83. The highest BCUT2D eigenvalue weighted by Crippen LogP contribution is 2.01. The maximum Gasteiger partial charge on any atom is 0.0587 e. The van der Waals surface area contributed by atoms with Crippen LogP contribution in [0.3, 0.4) is 0 Å². The van der Waals surface area contributed by atoms with Crippen LogP contribution in [0.2, 0.25) is 0 Å². The molecule has 0 bridgehead atoms. The van der Waals surface area contributed by atoms with Gasteiger partial charge in [-0.25, -0.2) is 0 Å². The molecule has 0 aromatic rings. The molecule has 0 aliphatic rings. The van der Waals surface area contributed by atoms with Crippen LogP contribution in [0, 0.1) is 0 Å². The van der Waals surface area contributed by atoms with Gasteiger partial charge in [-0.15, -0.1) is 0 Å². The molecule has 0 radical (unpaired) electrons. The van der Waals surface area contributed by atoms with E-state index >= 15 is 0 Å². The van der Waals surface area contributed by atoms with Gasteiger partial charge in [0.05, 0.1) is 6.61 Å². The third-order valence-corrected chi connectivity index (χ3v) is 11.5. The molecule has 0 spiro atoms. The number of unbranched alkanes of at least 4 members (excludes halogenated alkanes) is 7. The lowest BCUT2D eigenvalue weighted by atomic mass is 10.1. The van der Waals surface area contributed by atoms with Crippen molar-refractivity contribution in [3.8, 4) is 0 Å². The standard InChI is InChI=1S/C13H31N3.C11H26N2.C10H24N2.C9H22N2.C9H21N.C6H15NO.C6H15N.C5H14N2/c1-4-5-8-14-9-6-10-15-11-7-12-16-13(2)3;1-5-6-8-12-9-7-10-13-11(2,3)4;1-5-7-11-8-6-9-12-10(2,3)4;1-9(2,3)11-8-6-4-5-7-10;1-4-5-6-7-8-10-9(2)3;1-6(2)7-4-5-8-3;1-4-5-7-6(2)3;1-5(2)7-4-3-6/h13-16H,4-12H2,1-3H3;12-13H,5-10H2,1-4H3;11-12H,5-9H2,1-4H3;11H,4-8,10H2,1-3H3;9-10H,4-8H2,1-3H3;6-7H,4-5H2,1-3H3;6-7H,4-5H2,1-3H3;5,7H,3-4,6H2,1-2H3. The molecule has 16 N–H and O–H groups in total. The van der Waals surface area contributed by atoms with E-state index in [-0.39, 0.29) is 16.6 Å². The van der Waals surface area contributed by atoms with Gasteiger partial charge < -0.3 is 80.0 Å². The van der Waals surface area contributed by atoms with Crippen LogP contribution >= 0.6 is 0 Å². The zero-order valence-electron chi connectivity index (χ0n) is 62.4. The maximum absolute atomic E-state index is 5.38. The van der Waals surface area contributed by atoms with E-state index < -0.39 is 0 Å². The van der Waals surface area contributed by atoms with Crippen LogP contribution in [0.25, 0.3) is 0 Å². The van der Waals surface area contributed by atoms with Crippen LogP contribution < -0.4 is 75.3 Å². The first-order valence-corrected chi connectivity index (χ1v) is 35.2. The quantitative estimate of drug-likeness (QED) is 0.0256. The van der Waals surface area contributed by atoms with E-state index in [0.717, 1.165) is 111 Å². The first-order valence-electron chi connectivity index (χ1n) is 35.2. The van der Waals surface area contributed by atoms with E-state index in [4.69, 9.17) is 16.2 Å². The van der Waals surface area contributed by atoms with E-state index in [1.165, 1.54) is 122 Å². The van der Waals surface area contributed by atoms with Gasteiger partial charge in [0.15, 0.2) is 0 Å². The van der Waals surface area contributed by atoms with Crippen molar-refractivity contribution in [2.45, 2.75) is 322 Å². The number of hydrogen-bond acceptors (Lipinski definition) is 15. The van der Waals surface area contributed by atoms with Gasteiger partial charge in [0.25, 0.3) is 0 Å². The Morgan fingerprint density at radius 3 is 0.869 bits per heavy atom. The number of rotatable bonds is 46. The molecule has 0 heterocycles. The summed E-state index contributed by atoms with van der Waals surface area (Å²) in [6.07, 6.45) is 21.6. The summed E-state index contributed by atoms with van der Waals surface area (Å²) in [6.45, 7) is 72.7. The predicted molar refractivity (Wildman–Crippen MR) is 387 cm³/mol. The number of nitrogens with two attached hydrogens (primary N) is 2. The lowest BCUT2D eigenvalue weighted by Crippen LogP contribution is -2.37. The summed E-state index contributed by atoms with van der Waals surface area (Å²) in [4.78, 5) is 0. The zero-order valence-corrected chi connectivity index (χ0v) is 62.4. The van der Waals surface area contributed by atoms with Gasteiger partial charge in [0, 0.05) is 73.6 Å². The van der Waals surface area contributed by atoms with Crippen LogP contribution in [0.1, 0.15) is 275 Å². The Labute approximate surface area is 531 Å². The Kier molecular flexibility index (Phi) is 97.7. The molecule has 15 nitrogen and oxygen atoms in total. The third-order valence-electron chi connectivity index (χ3n) is 11.5. The fourth-order valence-corrected chi connectivity index (χ4v) is 6.68. The minimum atomic E-state index is 0.267. The second-order valence-corrected chi connectivity index (χ2v) is 26.9. The predicted octanol–water partition coefficient (Wildman–Crippen LogP) is 11.7. The molecule has 0 saturated carbocycles. The van der Waals surface area contributed by atoms with E-state index in [9.17, 15) is 0 Å². The molecule has 0 fully saturated rings. The van der Waals surface area contributed by atoms with Crippen molar-refractivity contribution < 1.29 is 4.74 Å². The first-order chi connectivity index (χ1) is 39.5. The molecule has 0 aliphatic carbocycles. The Hall–Kier alpha value is -0.600. The minimum Gasteiger partial charge on any atom is -0.383 e. The Bertz CT molecular complexity index is 1050. The van der Waals surface area contributed by atoms with E-state index in [1.54, 1.807) is 7.11 Å². The maximum atomic E-state index is 5.38. The molecule has 0 atom stereocenters. The SMILES string of the molecule is CC(C)(C)NCCCCCN.CC(C)NCCN.CCCCCCNC(C)C.CCCCNCCCNC(C)(C)C.CCCCNCCCNCCCNC(C)C.CCCNC(C)C.CCCNCCCNC(C)(C)C.COCCNC(C)C. The Balaban J connectivity index is -0.000000133. The number of nitrogens with one attached hydrogen (secondary N) is 12. The normalized spacial score (nSPS) is 11.3. The van der Waals surface area contributed by atoms with Crippen LogP contribution in [0.5, 0.6) is 0 Å². The molecule has 0 saturated heterocycles. The fraction of sp³-hybridized carbons (Fsp3) is 1.00. The number of ether oxygens (including phenoxy) is 1. The van der Waals surface area contributed by atoms with Gasteiger partial charge in [-0.2, -0.15) is 0 Å². The van der Waals surface area contributed by atoms with Gasteiger partial charge in [-0.3, -0.25) is 0 Å². The molecule has 0 unspecified atom stereocenters. The Morgan fingerprint density at radius 2 is 0.560 bits per heavy atom. The molecule has 0 rings (SSSR count). The van der Waals surface area contributed by atoms with Crippen molar-refractivity contribution in [2.24, 2.45) is 11.5 Å². The van der Waals surface area contributed by atoms with Crippen molar-refractivity contribution in [1.82, 2.24) is 63.8 Å². The summed E-state index contributed by atoms with van der Waals surface area (Å²) in [7, 11) is 1.71. The first kappa shape index (κ1) is 99.6. The largest absolute Gasteiger partial charge is 0.383 e. The van der Waals surface area contributed by atoms with Crippen LogP contribution in [0.15, 0.2) is 0 Å². The van der Waals surface area contributed by atoms with Crippen LogP contribution in [-0.4, -0.2) is 178 Å². The molecule has 84 heavy (non-hydrogen) atoms. The molecule has 520 valence electrons. The van der Waals surface area contributed by atoms with Gasteiger partial charge in [-0.05, 0) is 231 Å². The van der Waals surface area contributed by atoms with Gasteiger partial charge in [0.2, 0.25) is 0 Å². The summed E-state index contributed by atoms with van der Waals surface area (Å²) in [6, 6.07) is 3.07. The summed E-state index contributed by atoms with van der Waals surface area (Å²) in [5.41, 5.74) is 11.4. The smallest absolute Gasteiger partial charge is 0.0587 e. The second-order valence-electron chi connectivity index (χ2n) is 26.9. The molecule has 0 aromatic carbocycles. The van der Waals surface area contributed by atoms with Crippen LogP contribution in [-0.2, 0) is 4.74 Å². The lowest BCUT2D eigenvalue weighted by Gasteiger charge is -2.20. The number of methoxy groups -OCH3 is 1. The van der Waals surface area contributed by atoms with E-state index in [2.05, 4.69) is 230 Å². The highest BCUT2D eigenvalue weighted by Gasteiger charge is 2.08. The van der Waals surface area contributed by atoms with Crippen LogP contribution in [0.4, 0.5) is 0 Å². The monoisotopic (exact) mass is 1210 g/mol. The molecule has 15 heteroatoms. The zero-order chi connectivity index (χ0) is 66.0. The summed E-state index contributed by atoms with van der Waals surface area (Å²) in [5, 5.41) is 40.6. The second kappa shape index (κ2) is 82.4. The van der Waals surface area contributed by atoms with Crippen molar-refractivity contribution >= 4 is 0 Å². The average Bonchev–Trinajstić information content (AvgIpc) is 3.40. The topological polar surface area (TPSA) is 206 Å². The van der Waals surface area contributed by atoms with Gasteiger partial charge in [0.1, 0.15) is 0 Å².